The van der Waals surface area contributed by atoms with Crippen LogP contribution in [0.1, 0.15) is 0 Å². The first-order chi connectivity index (χ1) is 10.7. The Morgan fingerprint density at radius 3 is 2.59 bits per heavy atom. The summed E-state index contributed by atoms with van der Waals surface area (Å²) in [5, 5.41) is 6.70. The molecule has 2 rings (SSSR count). The van der Waals surface area contributed by atoms with Gasteiger partial charge in [-0.3, -0.25) is 14.8 Å². The Morgan fingerprint density at radius 2 is 2.00 bits per heavy atom. The van der Waals surface area contributed by atoms with Crippen LogP contribution in [0.2, 0.25) is 0 Å². The van der Waals surface area contributed by atoms with Crippen molar-refractivity contribution < 1.29 is 14.3 Å². The molecule has 1 aromatic carbocycles. The van der Waals surface area contributed by atoms with Crippen molar-refractivity contribution in [2.75, 3.05) is 37.2 Å². The maximum Gasteiger partial charge on any atom is 0.266 e. The zero-order valence-corrected chi connectivity index (χ0v) is 13.4. The quantitative estimate of drug-likeness (QED) is 0.807. The molecule has 0 aliphatic heterocycles. The number of methoxy groups -OCH3 is 1. The lowest BCUT2D eigenvalue weighted by Crippen LogP contribution is -2.37. The fraction of sp³-hybridized carbons (Fsp3) is 0.333. The van der Waals surface area contributed by atoms with Gasteiger partial charge in [-0.2, -0.15) is 16.9 Å². The van der Waals surface area contributed by atoms with Crippen LogP contribution in [0.4, 0.5) is 5.82 Å². The Labute approximate surface area is 133 Å². The van der Waals surface area contributed by atoms with E-state index in [9.17, 15) is 4.79 Å². The number of nitrogens with one attached hydrogen (secondary N) is 1. The first kappa shape index (κ1) is 16.2. The van der Waals surface area contributed by atoms with Gasteiger partial charge in [-0.05, 0) is 30.5 Å². The molecule has 0 aliphatic carbocycles. The fourth-order valence-corrected chi connectivity index (χ4v) is 2.22. The maximum atomic E-state index is 12.4. The summed E-state index contributed by atoms with van der Waals surface area (Å²) in [7, 11) is 1.60. The molecule has 1 heterocycles. The number of hydrogen-bond acceptors (Lipinski definition) is 5. The van der Waals surface area contributed by atoms with E-state index in [1.165, 1.54) is 0 Å². The molecule has 0 saturated carbocycles. The summed E-state index contributed by atoms with van der Waals surface area (Å²) in [4.78, 5) is 14.0. The van der Waals surface area contributed by atoms with Crippen molar-refractivity contribution in [3.05, 3.63) is 36.5 Å². The zero-order chi connectivity index (χ0) is 15.8. The third-order valence-electron chi connectivity index (χ3n) is 3.02. The molecule has 0 atom stereocenters. The van der Waals surface area contributed by atoms with Gasteiger partial charge in [-0.25, -0.2) is 0 Å². The van der Waals surface area contributed by atoms with Crippen LogP contribution in [0, 0.1) is 0 Å². The molecule has 7 heteroatoms. The predicted octanol–water partition coefficient (Wildman–Crippen LogP) is 2.19. The SMILES string of the molecule is COc1ccc(OCC(=O)N(CCSC)c2ccn[nH]2)cc1. The van der Waals surface area contributed by atoms with E-state index >= 15 is 0 Å². The van der Waals surface area contributed by atoms with Gasteiger partial charge >= 0.3 is 0 Å². The number of nitrogens with zero attached hydrogens (tertiary/aromatic N) is 2. The van der Waals surface area contributed by atoms with Gasteiger partial charge in [-0.1, -0.05) is 0 Å². The van der Waals surface area contributed by atoms with Crippen LogP contribution in [-0.4, -0.2) is 48.4 Å². The molecule has 0 spiro atoms. The number of carbonyl (C=O) groups is 1. The van der Waals surface area contributed by atoms with E-state index in [0.717, 1.165) is 11.5 Å². The zero-order valence-electron chi connectivity index (χ0n) is 12.6. The lowest BCUT2D eigenvalue weighted by molar-refractivity contribution is -0.120. The molecule has 2 aromatic rings. The molecule has 6 nitrogen and oxygen atoms in total. The number of aromatic amines is 1. The van der Waals surface area contributed by atoms with Crippen LogP contribution in [0.15, 0.2) is 36.5 Å². The minimum atomic E-state index is -0.117. The van der Waals surface area contributed by atoms with Crippen LogP contribution in [0.25, 0.3) is 0 Å². The van der Waals surface area contributed by atoms with Crippen LogP contribution >= 0.6 is 11.8 Å². The summed E-state index contributed by atoms with van der Waals surface area (Å²) in [6.45, 7) is 0.577. The van der Waals surface area contributed by atoms with Gasteiger partial charge in [0.2, 0.25) is 0 Å². The number of aromatic nitrogens is 2. The number of thioether (sulfide) groups is 1. The highest BCUT2D eigenvalue weighted by Gasteiger charge is 2.17. The van der Waals surface area contributed by atoms with Crippen molar-refractivity contribution in [2.24, 2.45) is 0 Å². The molecule has 0 bridgehead atoms. The number of amides is 1. The Morgan fingerprint density at radius 1 is 1.27 bits per heavy atom. The molecule has 1 N–H and O–H groups in total. The van der Waals surface area contributed by atoms with Crippen LogP contribution in [0.3, 0.4) is 0 Å². The van der Waals surface area contributed by atoms with Crippen molar-refractivity contribution in [2.45, 2.75) is 0 Å². The number of ether oxygens (including phenoxy) is 2. The third-order valence-corrected chi connectivity index (χ3v) is 3.61. The second-order valence-corrected chi connectivity index (χ2v) is 5.43. The average Bonchev–Trinajstić information content (AvgIpc) is 3.08. The topological polar surface area (TPSA) is 67.5 Å². The van der Waals surface area contributed by atoms with Crippen molar-refractivity contribution in [3.63, 3.8) is 0 Å². The van der Waals surface area contributed by atoms with Gasteiger partial charge in [0.25, 0.3) is 5.91 Å². The summed E-state index contributed by atoms with van der Waals surface area (Å²) in [5.41, 5.74) is 0. The Balaban J connectivity index is 1.95. The van der Waals surface area contributed by atoms with Gasteiger partial charge in [0.15, 0.2) is 6.61 Å². The summed E-state index contributed by atoms with van der Waals surface area (Å²) in [6, 6.07) is 8.90. The molecule has 118 valence electrons. The molecular weight excluding hydrogens is 302 g/mol. The highest BCUT2D eigenvalue weighted by molar-refractivity contribution is 7.98. The predicted molar refractivity (Wildman–Crippen MR) is 87.8 cm³/mol. The molecule has 1 aromatic heterocycles. The number of benzene rings is 1. The number of carbonyl (C=O) groups excluding carboxylic acids is 1. The van der Waals surface area contributed by atoms with Gasteiger partial charge in [0.05, 0.1) is 13.3 Å². The smallest absolute Gasteiger partial charge is 0.266 e. The highest BCUT2D eigenvalue weighted by atomic mass is 32.2. The minimum absolute atomic E-state index is 0.0280. The minimum Gasteiger partial charge on any atom is -0.497 e. The number of hydrogen-bond donors (Lipinski definition) is 1. The van der Waals surface area contributed by atoms with E-state index in [0.29, 0.717) is 18.1 Å². The lowest BCUT2D eigenvalue weighted by Gasteiger charge is -2.20. The van der Waals surface area contributed by atoms with Crippen LogP contribution in [0.5, 0.6) is 11.5 Å². The molecular formula is C15H19N3O3S. The van der Waals surface area contributed by atoms with Gasteiger partial charge < -0.3 is 9.47 Å². The number of rotatable bonds is 8. The Hall–Kier alpha value is -2.15. The Kier molecular flexibility index (Phi) is 6.14. The van der Waals surface area contributed by atoms with E-state index < -0.39 is 0 Å². The van der Waals surface area contributed by atoms with Crippen LogP contribution in [-0.2, 0) is 4.79 Å². The molecule has 0 fully saturated rings. The van der Waals surface area contributed by atoms with E-state index in [-0.39, 0.29) is 12.5 Å². The van der Waals surface area contributed by atoms with Gasteiger partial charge in [0, 0.05) is 18.4 Å². The normalized spacial score (nSPS) is 10.3. The van der Waals surface area contributed by atoms with E-state index in [1.807, 2.05) is 6.26 Å². The van der Waals surface area contributed by atoms with Crippen molar-refractivity contribution in [3.8, 4) is 11.5 Å². The van der Waals surface area contributed by atoms with E-state index in [4.69, 9.17) is 9.47 Å². The van der Waals surface area contributed by atoms with Gasteiger partial charge in [0.1, 0.15) is 17.3 Å². The van der Waals surface area contributed by atoms with Crippen molar-refractivity contribution >= 4 is 23.5 Å². The van der Waals surface area contributed by atoms with Crippen LogP contribution < -0.4 is 14.4 Å². The van der Waals surface area contributed by atoms with Crippen molar-refractivity contribution in [1.82, 2.24) is 10.2 Å². The summed E-state index contributed by atoms with van der Waals surface area (Å²) >= 11 is 1.68. The average molecular weight is 321 g/mol. The third kappa shape index (κ3) is 4.42. The second kappa shape index (κ2) is 8.33. The largest absolute Gasteiger partial charge is 0.497 e. The van der Waals surface area contributed by atoms with E-state index in [2.05, 4.69) is 10.2 Å². The van der Waals surface area contributed by atoms with Gasteiger partial charge in [-0.15, -0.1) is 0 Å². The summed E-state index contributed by atoms with van der Waals surface area (Å²) in [6.07, 6.45) is 3.63. The molecule has 1 amide bonds. The summed E-state index contributed by atoms with van der Waals surface area (Å²) < 4.78 is 10.6. The maximum absolute atomic E-state index is 12.4. The van der Waals surface area contributed by atoms with E-state index in [1.54, 1.807) is 60.3 Å². The molecule has 0 aliphatic rings. The Bertz CT molecular complexity index is 572. The first-order valence-electron chi connectivity index (χ1n) is 6.80. The molecule has 22 heavy (non-hydrogen) atoms. The number of anilines is 1. The first-order valence-corrected chi connectivity index (χ1v) is 8.19. The number of H-pyrrole nitrogens is 1. The fourth-order valence-electron chi connectivity index (χ4n) is 1.86. The highest BCUT2D eigenvalue weighted by Crippen LogP contribution is 2.17. The second-order valence-electron chi connectivity index (χ2n) is 4.44. The molecule has 0 saturated heterocycles. The lowest BCUT2D eigenvalue weighted by atomic mass is 10.3. The molecule has 0 unspecified atom stereocenters. The summed E-state index contributed by atoms with van der Waals surface area (Å²) in [5.74, 6) is 2.78. The standard InChI is InChI=1S/C15H19N3O3S/c1-20-12-3-5-13(6-4-12)21-11-15(19)18(9-10-22-2)14-7-8-16-17-14/h3-8H,9-11H2,1-2H3,(H,16,17). The van der Waals surface area contributed by atoms with Crippen molar-refractivity contribution in [1.29, 1.82) is 0 Å². The molecule has 0 radical (unpaired) electrons. The monoisotopic (exact) mass is 321 g/mol.